The molecule has 0 spiro atoms. The fourth-order valence-corrected chi connectivity index (χ4v) is 4.38. The number of carbonyl (C=O) groups excluding carboxylic acids is 3. The van der Waals surface area contributed by atoms with Crippen LogP contribution in [0.1, 0.15) is 46.2 Å². The van der Waals surface area contributed by atoms with Gasteiger partial charge in [-0.05, 0) is 54.8 Å². The molecule has 3 rings (SSSR count). The van der Waals surface area contributed by atoms with Crippen molar-refractivity contribution in [2.45, 2.75) is 32.2 Å². The second-order valence-electron chi connectivity index (χ2n) is 7.58. The summed E-state index contributed by atoms with van der Waals surface area (Å²) in [5.74, 6) is 0.164. The van der Waals surface area contributed by atoms with Crippen LogP contribution in [0, 0.1) is 5.92 Å². The lowest BCUT2D eigenvalue weighted by Gasteiger charge is -2.35. The van der Waals surface area contributed by atoms with Crippen LogP contribution < -0.4 is 15.4 Å². The third-order valence-corrected chi connectivity index (χ3v) is 6.35. The first-order valence-electron chi connectivity index (χ1n) is 10.6. The van der Waals surface area contributed by atoms with Crippen LogP contribution in [0.4, 0.5) is 0 Å². The lowest BCUT2D eigenvalue weighted by atomic mass is 9.88. The van der Waals surface area contributed by atoms with Crippen molar-refractivity contribution in [3.8, 4) is 5.75 Å². The number of amides is 3. The van der Waals surface area contributed by atoms with E-state index in [2.05, 4.69) is 10.6 Å². The highest BCUT2D eigenvalue weighted by molar-refractivity contribution is 7.12. The summed E-state index contributed by atoms with van der Waals surface area (Å²) in [5.41, 5.74) is 0.584. The van der Waals surface area contributed by atoms with E-state index in [1.165, 1.54) is 11.3 Å². The number of benzene rings is 1. The number of hydrogen-bond acceptors (Lipinski definition) is 5. The number of methoxy groups -OCH3 is 1. The first-order chi connectivity index (χ1) is 15.0. The van der Waals surface area contributed by atoms with Crippen molar-refractivity contribution in [3.63, 3.8) is 0 Å². The van der Waals surface area contributed by atoms with E-state index in [4.69, 9.17) is 4.74 Å². The van der Waals surface area contributed by atoms with Gasteiger partial charge in [-0.25, -0.2) is 0 Å². The third kappa shape index (κ3) is 5.85. The van der Waals surface area contributed by atoms with Crippen molar-refractivity contribution in [2.75, 3.05) is 26.7 Å². The van der Waals surface area contributed by atoms with Gasteiger partial charge >= 0.3 is 0 Å². The van der Waals surface area contributed by atoms with E-state index in [-0.39, 0.29) is 23.6 Å². The smallest absolute Gasteiger partial charge is 0.262 e. The number of ether oxygens (including phenoxy) is 1. The van der Waals surface area contributed by atoms with Gasteiger partial charge in [-0.1, -0.05) is 19.1 Å². The van der Waals surface area contributed by atoms with Gasteiger partial charge in [0.05, 0.1) is 12.0 Å². The van der Waals surface area contributed by atoms with Gasteiger partial charge in [0.1, 0.15) is 11.8 Å². The monoisotopic (exact) mass is 443 g/mol. The molecule has 1 aliphatic heterocycles. The van der Waals surface area contributed by atoms with Crippen LogP contribution >= 0.6 is 11.3 Å². The number of hydrogen-bond donors (Lipinski definition) is 2. The lowest BCUT2D eigenvalue weighted by Crippen LogP contribution is -2.53. The molecule has 2 N–H and O–H groups in total. The molecular weight excluding hydrogens is 414 g/mol. The molecule has 166 valence electrons. The molecular formula is C23H29N3O4S. The van der Waals surface area contributed by atoms with Gasteiger partial charge in [-0.15, -0.1) is 11.3 Å². The predicted octanol–water partition coefficient (Wildman–Crippen LogP) is 2.93. The van der Waals surface area contributed by atoms with Gasteiger partial charge in [0, 0.05) is 25.2 Å². The molecule has 1 aromatic carbocycles. The molecule has 2 aromatic rings. The quantitative estimate of drug-likeness (QED) is 0.657. The summed E-state index contributed by atoms with van der Waals surface area (Å²) in [6.45, 7) is 3.62. The number of piperidine rings is 1. The second-order valence-corrected chi connectivity index (χ2v) is 8.53. The fraction of sp³-hybridized carbons (Fsp3) is 0.435. The molecule has 1 aromatic heterocycles. The molecule has 31 heavy (non-hydrogen) atoms. The minimum absolute atomic E-state index is 0.0323. The molecule has 0 bridgehead atoms. The Hall–Kier alpha value is -2.87. The molecule has 8 heteroatoms. The third-order valence-electron chi connectivity index (χ3n) is 5.48. The number of thiophene rings is 1. The number of likely N-dealkylation sites (tertiary alicyclic amines) is 1. The molecule has 1 fully saturated rings. The minimum atomic E-state index is -0.616. The predicted molar refractivity (Wildman–Crippen MR) is 120 cm³/mol. The van der Waals surface area contributed by atoms with Crippen molar-refractivity contribution in [1.29, 1.82) is 0 Å². The molecule has 7 nitrogen and oxygen atoms in total. The molecule has 0 aliphatic carbocycles. The number of carbonyl (C=O) groups is 3. The summed E-state index contributed by atoms with van der Waals surface area (Å²) in [6, 6.07) is 10.1. The normalized spacial score (nSPS) is 15.2. The zero-order valence-corrected chi connectivity index (χ0v) is 18.7. The van der Waals surface area contributed by atoms with Crippen molar-refractivity contribution >= 4 is 29.1 Å². The molecule has 3 amide bonds. The molecule has 0 saturated carbocycles. The van der Waals surface area contributed by atoms with E-state index in [0.29, 0.717) is 48.7 Å². The summed E-state index contributed by atoms with van der Waals surface area (Å²) in [4.78, 5) is 40.7. The SMILES string of the molecule is CCCNC(=O)[C@@H](NC(=O)c1cccs1)C1CCN(C(=O)c2cccc(OC)c2)CC1. The van der Waals surface area contributed by atoms with Crippen molar-refractivity contribution in [2.24, 2.45) is 5.92 Å². The van der Waals surface area contributed by atoms with Crippen LogP contribution in [0.3, 0.4) is 0 Å². The Bertz CT molecular complexity index is 892. The fourth-order valence-electron chi connectivity index (χ4n) is 3.75. The molecule has 1 saturated heterocycles. The van der Waals surface area contributed by atoms with Crippen molar-refractivity contribution < 1.29 is 19.1 Å². The largest absolute Gasteiger partial charge is 0.497 e. The van der Waals surface area contributed by atoms with E-state index in [1.807, 2.05) is 18.4 Å². The average Bonchev–Trinajstić information content (AvgIpc) is 3.36. The maximum absolute atomic E-state index is 12.9. The first-order valence-corrected chi connectivity index (χ1v) is 11.5. The highest BCUT2D eigenvalue weighted by Crippen LogP contribution is 2.24. The van der Waals surface area contributed by atoms with Gasteiger partial charge in [-0.2, -0.15) is 0 Å². The van der Waals surface area contributed by atoms with Crippen LogP contribution in [0.25, 0.3) is 0 Å². The maximum Gasteiger partial charge on any atom is 0.262 e. The Kier molecular flexibility index (Phi) is 8.06. The van der Waals surface area contributed by atoms with Gasteiger partial charge in [0.15, 0.2) is 0 Å². The summed E-state index contributed by atoms with van der Waals surface area (Å²) in [6.07, 6.45) is 2.11. The van der Waals surface area contributed by atoms with Crippen LogP contribution in [0.2, 0.25) is 0 Å². The van der Waals surface area contributed by atoms with Gasteiger partial charge in [0.25, 0.3) is 11.8 Å². The Morgan fingerprint density at radius 1 is 1.19 bits per heavy atom. The van der Waals surface area contributed by atoms with Crippen molar-refractivity contribution in [1.82, 2.24) is 15.5 Å². The average molecular weight is 444 g/mol. The molecule has 1 aliphatic rings. The highest BCUT2D eigenvalue weighted by atomic mass is 32.1. The maximum atomic E-state index is 12.9. The minimum Gasteiger partial charge on any atom is -0.497 e. The van der Waals surface area contributed by atoms with E-state index in [9.17, 15) is 14.4 Å². The van der Waals surface area contributed by atoms with Gasteiger partial charge in [0.2, 0.25) is 5.91 Å². The summed E-state index contributed by atoms with van der Waals surface area (Å²) < 4.78 is 5.21. The topological polar surface area (TPSA) is 87.7 Å². The van der Waals surface area contributed by atoms with Crippen LogP contribution in [-0.4, -0.2) is 55.4 Å². The lowest BCUT2D eigenvalue weighted by molar-refractivity contribution is -0.124. The summed E-state index contributed by atoms with van der Waals surface area (Å²) in [5, 5.41) is 7.67. The Morgan fingerprint density at radius 2 is 1.97 bits per heavy atom. The molecule has 1 atom stereocenters. The Labute approximate surface area is 186 Å². The first kappa shape index (κ1) is 22.8. The molecule has 0 unspecified atom stereocenters. The number of nitrogens with one attached hydrogen (secondary N) is 2. The van der Waals surface area contributed by atoms with Crippen LogP contribution in [0.15, 0.2) is 41.8 Å². The zero-order valence-electron chi connectivity index (χ0n) is 17.9. The summed E-state index contributed by atoms with van der Waals surface area (Å²) >= 11 is 1.35. The van der Waals surface area contributed by atoms with Crippen LogP contribution in [0.5, 0.6) is 5.75 Å². The number of rotatable bonds is 8. The van der Waals surface area contributed by atoms with Gasteiger partial charge < -0.3 is 20.3 Å². The van der Waals surface area contributed by atoms with Crippen molar-refractivity contribution in [3.05, 3.63) is 52.2 Å². The Balaban J connectivity index is 1.65. The Morgan fingerprint density at radius 3 is 2.61 bits per heavy atom. The standard InChI is InChI=1S/C23H29N3O4S/c1-3-11-24-22(28)20(25-21(27)19-8-5-14-31-19)16-9-12-26(13-10-16)23(29)17-6-4-7-18(15-17)30-2/h4-8,14-16,20H,3,9-13H2,1-2H3,(H,24,28)(H,25,27)/t20-/m0/s1. The highest BCUT2D eigenvalue weighted by Gasteiger charge is 2.34. The molecule has 2 heterocycles. The summed E-state index contributed by atoms with van der Waals surface area (Å²) in [7, 11) is 1.57. The van der Waals surface area contributed by atoms with Crippen LogP contribution in [-0.2, 0) is 4.79 Å². The van der Waals surface area contributed by atoms with E-state index in [1.54, 1.807) is 42.3 Å². The zero-order chi connectivity index (χ0) is 22.2. The van der Waals surface area contributed by atoms with E-state index >= 15 is 0 Å². The van der Waals surface area contributed by atoms with E-state index in [0.717, 1.165) is 6.42 Å². The number of nitrogens with zero attached hydrogens (tertiary/aromatic N) is 1. The molecule has 0 radical (unpaired) electrons. The second kappa shape index (κ2) is 10.9. The van der Waals surface area contributed by atoms with E-state index < -0.39 is 6.04 Å². The van der Waals surface area contributed by atoms with Gasteiger partial charge in [-0.3, -0.25) is 14.4 Å².